The monoisotopic (exact) mass is 362 g/mol. The van der Waals surface area contributed by atoms with Crippen LogP contribution < -0.4 is 0 Å². The van der Waals surface area contributed by atoms with E-state index in [4.69, 9.17) is 4.55 Å². The van der Waals surface area contributed by atoms with Gasteiger partial charge >= 0.3 is 10.4 Å². The van der Waals surface area contributed by atoms with Gasteiger partial charge in [0.1, 0.15) is 0 Å². The van der Waals surface area contributed by atoms with E-state index in [1.165, 1.54) is 77.0 Å². The average Bonchev–Trinajstić information content (AvgIpc) is 2.52. The van der Waals surface area contributed by atoms with E-state index in [9.17, 15) is 8.42 Å². The Morgan fingerprint density at radius 3 is 1.58 bits per heavy atom. The molecule has 0 heterocycles. The van der Waals surface area contributed by atoms with Gasteiger partial charge in [0.05, 0.1) is 0 Å². The van der Waals surface area contributed by atoms with E-state index in [1.54, 1.807) is 0 Å². The molecule has 0 unspecified atom stereocenters. The SMILES string of the molecule is CCCCCCCCCCCCCCCCC#COOS(=O)(=O)O. The van der Waals surface area contributed by atoms with Crippen LogP contribution in [-0.4, -0.2) is 13.0 Å². The molecule has 0 aromatic heterocycles. The van der Waals surface area contributed by atoms with Gasteiger partial charge in [-0.3, -0.25) is 9.44 Å². The molecule has 142 valence electrons. The summed E-state index contributed by atoms with van der Waals surface area (Å²) in [6, 6.07) is 0. The first kappa shape index (κ1) is 23.2. The summed E-state index contributed by atoms with van der Waals surface area (Å²) in [5.74, 6) is 2.63. The lowest BCUT2D eigenvalue weighted by molar-refractivity contribution is -0.135. The van der Waals surface area contributed by atoms with Gasteiger partial charge in [0, 0.05) is 6.42 Å². The van der Waals surface area contributed by atoms with E-state index in [0.29, 0.717) is 6.42 Å². The first-order valence-corrected chi connectivity index (χ1v) is 10.7. The van der Waals surface area contributed by atoms with Gasteiger partial charge in [-0.15, -0.1) is 0 Å². The maximum absolute atomic E-state index is 10.1. The minimum Gasteiger partial charge on any atom is -0.264 e. The zero-order valence-electron chi connectivity index (χ0n) is 15.1. The summed E-state index contributed by atoms with van der Waals surface area (Å²) in [7, 11) is -4.57. The lowest BCUT2D eigenvalue weighted by Crippen LogP contribution is -2.01. The maximum atomic E-state index is 10.1. The van der Waals surface area contributed by atoms with Gasteiger partial charge in [0.25, 0.3) is 0 Å². The molecule has 0 bridgehead atoms. The van der Waals surface area contributed by atoms with Gasteiger partial charge in [-0.2, -0.15) is 8.42 Å². The normalized spacial score (nSPS) is 11.1. The smallest absolute Gasteiger partial charge is 0.264 e. The van der Waals surface area contributed by atoms with Gasteiger partial charge in [0.2, 0.25) is 0 Å². The van der Waals surface area contributed by atoms with Crippen LogP contribution in [0.3, 0.4) is 0 Å². The van der Waals surface area contributed by atoms with E-state index in [1.807, 2.05) is 0 Å². The molecular formula is C18H34O5S. The van der Waals surface area contributed by atoms with Crippen LogP contribution in [0.2, 0.25) is 0 Å². The zero-order chi connectivity index (χ0) is 17.9. The zero-order valence-corrected chi connectivity index (χ0v) is 15.9. The molecule has 0 atom stereocenters. The molecule has 0 aliphatic carbocycles. The molecule has 0 aromatic carbocycles. The predicted molar refractivity (Wildman–Crippen MR) is 96.4 cm³/mol. The van der Waals surface area contributed by atoms with Crippen molar-refractivity contribution < 1.29 is 22.2 Å². The van der Waals surface area contributed by atoms with E-state index in [-0.39, 0.29) is 0 Å². The molecular weight excluding hydrogens is 328 g/mol. The third-order valence-corrected chi connectivity index (χ3v) is 4.13. The summed E-state index contributed by atoms with van der Waals surface area (Å²) in [5, 5.41) is 0. The largest absolute Gasteiger partial charge is 0.433 e. The molecule has 0 saturated heterocycles. The Balaban J connectivity index is 3.14. The van der Waals surface area contributed by atoms with E-state index in [2.05, 4.69) is 28.2 Å². The lowest BCUT2D eigenvalue weighted by Gasteiger charge is -2.02. The fraction of sp³-hybridized carbons (Fsp3) is 0.889. The van der Waals surface area contributed by atoms with Crippen molar-refractivity contribution in [3.8, 4) is 12.0 Å². The Kier molecular flexibility index (Phi) is 16.5. The Morgan fingerprint density at radius 1 is 0.750 bits per heavy atom. The number of rotatable bonds is 16. The maximum Gasteiger partial charge on any atom is 0.433 e. The van der Waals surface area contributed by atoms with E-state index < -0.39 is 10.4 Å². The Morgan fingerprint density at radius 2 is 1.17 bits per heavy atom. The van der Waals surface area contributed by atoms with Crippen molar-refractivity contribution in [3.63, 3.8) is 0 Å². The second-order valence-corrected chi connectivity index (χ2v) is 7.20. The molecule has 0 aliphatic rings. The van der Waals surface area contributed by atoms with Crippen molar-refractivity contribution in [2.24, 2.45) is 0 Å². The molecule has 0 spiro atoms. The van der Waals surface area contributed by atoms with Crippen molar-refractivity contribution in [1.82, 2.24) is 0 Å². The second kappa shape index (κ2) is 17.1. The Hall–Kier alpha value is -0.770. The minimum absolute atomic E-state index is 0.632. The van der Waals surface area contributed by atoms with E-state index in [0.717, 1.165) is 12.8 Å². The van der Waals surface area contributed by atoms with Crippen molar-refractivity contribution in [1.29, 1.82) is 0 Å². The fourth-order valence-corrected chi connectivity index (χ4v) is 2.67. The molecule has 0 amide bonds. The number of hydrogen-bond donors (Lipinski definition) is 1. The standard InChI is InChI=1S/C18H34O5S/c1-2-3-4-5-6-7-8-9-10-11-12-13-14-15-16-17-18-22-23-24(19,20)21/h2-16H2,1H3,(H,19,20,21). The first-order valence-electron chi connectivity index (χ1n) is 9.36. The summed E-state index contributed by atoms with van der Waals surface area (Å²) >= 11 is 0. The average molecular weight is 363 g/mol. The van der Waals surface area contributed by atoms with Crippen LogP contribution >= 0.6 is 0 Å². The summed E-state index contributed by atoms with van der Waals surface area (Å²) in [4.78, 5) is 4.02. The molecule has 24 heavy (non-hydrogen) atoms. The van der Waals surface area contributed by atoms with Gasteiger partial charge < -0.3 is 0 Å². The van der Waals surface area contributed by atoms with Gasteiger partial charge in [-0.05, 0) is 10.8 Å². The van der Waals surface area contributed by atoms with Crippen LogP contribution in [0.15, 0.2) is 0 Å². The van der Waals surface area contributed by atoms with Crippen LogP contribution in [0.25, 0.3) is 0 Å². The highest BCUT2D eigenvalue weighted by atomic mass is 32.3. The second-order valence-electron chi connectivity index (χ2n) is 6.20. The topological polar surface area (TPSA) is 72.8 Å². The van der Waals surface area contributed by atoms with Gasteiger partial charge in [-0.1, -0.05) is 96.3 Å². The Bertz CT molecular complexity index is 422. The molecule has 5 nitrogen and oxygen atoms in total. The molecule has 0 fully saturated rings. The van der Waals surface area contributed by atoms with E-state index >= 15 is 0 Å². The first-order chi connectivity index (χ1) is 11.6. The van der Waals surface area contributed by atoms with Crippen molar-refractivity contribution in [3.05, 3.63) is 0 Å². The summed E-state index contributed by atoms with van der Waals surface area (Å²) in [6.07, 6.45) is 21.0. The van der Waals surface area contributed by atoms with Crippen LogP contribution in [-0.2, 0) is 19.6 Å². The van der Waals surface area contributed by atoms with Crippen LogP contribution in [0.1, 0.15) is 103 Å². The van der Waals surface area contributed by atoms with Crippen molar-refractivity contribution >= 4 is 10.4 Å². The molecule has 0 radical (unpaired) electrons. The highest BCUT2D eigenvalue weighted by Gasteiger charge is 2.03. The molecule has 1 N–H and O–H groups in total. The molecule has 0 aromatic rings. The third-order valence-electron chi connectivity index (χ3n) is 3.89. The fourth-order valence-electron chi connectivity index (χ4n) is 2.55. The summed E-state index contributed by atoms with van der Waals surface area (Å²) in [6.45, 7) is 2.25. The van der Waals surface area contributed by atoms with Gasteiger partial charge in [-0.25, -0.2) is 0 Å². The summed E-state index contributed by atoms with van der Waals surface area (Å²) < 4.78 is 32.1. The van der Waals surface area contributed by atoms with Crippen LogP contribution in [0.5, 0.6) is 0 Å². The highest BCUT2D eigenvalue weighted by molar-refractivity contribution is 7.80. The number of unbranched alkanes of at least 4 members (excludes halogenated alkanes) is 14. The predicted octanol–water partition coefficient (Wildman–Crippen LogP) is 5.57. The number of hydrogen-bond acceptors (Lipinski definition) is 4. The van der Waals surface area contributed by atoms with Crippen molar-refractivity contribution in [2.75, 3.05) is 0 Å². The molecule has 0 rings (SSSR count). The van der Waals surface area contributed by atoms with Crippen LogP contribution in [0, 0.1) is 12.0 Å². The Labute approximate surface area is 148 Å². The highest BCUT2D eigenvalue weighted by Crippen LogP contribution is 2.13. The molecule has 0 saturated carbocycles. The van der Waals surface area contributed by atoms with Crippen LogP contribution in [0.4, 0.5) is 0 Å². The van der Waals surface area contributed by atoms with Gasteiger partial charge in [0.15, 0.2) is 6.11 Å². The lowest BCUT2D eigenvalue weighted by atomic mass is 10.0. The minimum atomic E-state index is -4.57. The van der Waals surface area contributed by atoms with Crippen molar-refractivity contribution in [2.45, 2.75) is 103 Å². The molecule has 0 aliphatic heterocycles. The third kappa shape index (κ3) is 21.2. The summed E-state index contributed by atoms with van der Waals surface area (Å²) in [5.41, 5.74) is 0. The molecule has 6 heteroatoms. The quantitative estimate of drug-likeness (QED) is 0.128.